The number of nitrogens with one attached hydrogen (secondary N) is 2. The average Bonchev–Trinajstić information content (AvgIpc) is 2.40. The predicted molar refractivity (Wildman–Crippen MR) is 63.2 cm³/mol. The molecule has 0 spiro atoms. The fourth-order valence-corrected chi connectivity index (χ4v) is 2.62. The van der Waals surface area contributed by atoms with E-state index in [2.05, 4.69) is 16.4 Å². The molecule has 0 radical (unpaired) electrons. The van der Waals surface area contributed by atoms with Crippen LogP contribution in [0.4, 0.5) is 8.78 Å². The van der Waals surface area contributed by atoms with E-state index in [1.165, 1.54) is 0 Å². The van der Waals surface area contributed by atoms with Crippen LogP contribution in [0.25, 0.3) is 0 Å². The zero-order valence-electron chi connectivity index (χ0n) is 10.2. The van der Waals surface area contributed by atoms with Gasteiger partial charge in [0.25, 0.3) is 5.91 Å². The van der Waals surface area contributed by atoms with Crippen molar-refractivity contribution in [2.45, 2.75) is 6.04 Å². The van der Waals surface area contributed by atoms with Crippen LogP contribution >= 0.6 is 0 Å². The third-order valence-corrected chi connectivity index (χ3v) is 3.53. The number of hydrogen-bond donors (Lipinski definition) is 2. The van der Waals surface area contributed by atoms with E-state index < -0.39 is 23.5 Å². The molecule has 1 aliphatic carbocycles. The van der Waals surface area contributed by atoms with Crippen LogP contribution in [0.1, 0.15) is 0 Å². The highest BCUT2D eigenvalue weighted by molar-refractivity contribution is 5.98. The molecule has 0 saturated heterocycles. The number of ether oxygens (including phenoxy) is 1. The van der Waals surface area contributed by atoms with Gasteiger partial charge in [-0.15, -0.1) is 0 Å². The minimum Gasteiger partial charge on any atom is -0.373 e. The number of carbonyl (C=O) groups excluding carboxylic acids is 1. The van der Waals surface area contributed by atoms with Gasteiger partial charge < -0.3 is 15.4 Å². The van der Waals surface area contributed by atoms with Crippen LogP contribution in [0, 0.1) is 5.92 Å². The Labute approximate surface area is 108 Å². The number of fused-ring (bicyclic) bond motifs is 2. The van der Waals surface area contributed by atoms with Crippen LogP contribution in [0.3, 0.4) is 0 Å². The molecule has 0 saturated carbocycles. The minimum atomic E-state index is -1.13. The first-order valence-corrected chi connectivity index (χ1v) is 5.95. The molecule has 2 atom stereocenters. The van der Waals surface area contributed by atoms with Crippen molar-refractivity contribution in [3.05, 3.63) is 40.3 Å². The van der Waals surface area contributed by atoms with Crippen molar-refractivity contribution in [1.82, 2.24) is 10.6 Å². The lowest BCUT2D eigenvalue weighted by Crippen LogP contribution is -2.48. The van der Waals surface area contributed by atoms with Crippen LogP contribution in [-0.2, 0) is 9.53 Å². The molecule has 3 rings (SSSR count). The van der Waals surface area contributed by atoms with Crippen LogP contribution < -0.4 is 10.6 Å². The number of amides is 1. The van der Waals surface area contributed by atoms with Crippen molar-refractivity contribution in [2.24, 2.45) is 5.92 Å². The summed E-state index contributed by atoms with van der Waals surface area (Å²) in [6.07, 6.45) is 1.13. The Morgan fingerprint density at radius 1 is 1.53 bits per heavy atom. The van der Waals surface area contributed by atoms with Gasteiger partial charge in [-0.1, -0.05) is 5.73 Å². The van der Waals surface area contributed by atoms with Gasteiger partial charge >= 0.3 is 0 Å². The van der Waals surface area contributed by atoms with Crippen molar-refractivity contribution in [3.63, 3.8) is 0 Å². The molecular formula is C13H12F2N2O2. The zero-order valence-corrected chi connectivity index (χ0v) is 10.2. The van der Waals surface area contributed by atoms with Crippen molar-refractivity contribution in [3.8, 4) is 0 Å². The molecule has 1 amide bonds. The summed E-state index contributed by atoms with van der Waals surface area (Å²) < 4.78 is 32.0. The van der Waals surface area contributed by atoms with E-state index in [0.717, 1.165) is 11.6 Å². The molecule has 100 valence electrons. The number of allylic oxidation sites excluding steroid dienone is 2. The lowest BCUT2D eigenvalue weighted by atomic mass is 9.80. The number of rotatable bonds is 1. The van der Waals surface area contributed by atoms with Gasteiger partial charge in [0, 0.05) is 11.6 Å². The van der Waals surface area contributed by atoms with Gasteiger partial charge in [-0.25, -0.2) is 4.39 Å². The summed E-state index contributed by atoms with van der Waals surface area (Å²) in [6.45, 7) is 0.696. The van der Waals surface area contributed by atoms with Crippen LogP contribution in [0.15, 0.2) is 40.3 Å². The first kappa shape index (κ1) is 12.3. The highest BCUT2D eigenvalue weighted by Gasteiger charge is 2.39. The maximum Gasteiger partial charge on any atom is 0.260 e. The summed E-state index contributed by atoms with van der Waals surface area (Å²) in [4.78, 5) is 11.9. The normalized spacial score (nSPS) is 29.8. The third-order valence-electron chi connectivity index (χ3n) is 3.53. The molecule has 0 aromatic carbocycles. The van der Waals surface area contributed by atoms with Gasteiger partial charge in [0.15, 0.2) is 5.83 Å². The van der Waals surface area contributed by atoms with E-state index in [-0.39, 0.29) is 18.2 Å². The van der Waals surface area contributed by atoms with Gasteiger partial charge in [0.1, 0.15) is 0 Å². The quantitative estimate of drug-likeness (QED) is 0.692. The van der Waals surface area contributed by atoms with E-state index in [9.17, 15) is 13.6 Å². The summed E-state index contributed by atoms with van der Waals surface area (Å²) in [5.41, 5.74) is 3.76. The van der Waals surface area contributed by atoms with Crippen LogP contribution in [0.5, 0.6) is 0 Å². The lowest BCUT2D eigenvalue weighted by molar-refractivity contribution is -0.118. The molecule has 0 fully saturated rings. The fraction of sp³-hybridized carbons (Fsp3) is 0.385. The molecule has 0 bridgehead atoms. The molecule has 3 aliphatic rings. The first-order valence-electron chi connectivity index (χ1n) is 5.95. The molecule has 0 aromatic rings. The van der Waals surface area contributed by atoms with E-state index >= 15 is 0 Å². The Hall–Kier alpha value is -1.75. The number of halogens is 2. The molecule has 0 aromatic heterocycles. The summed E-state index contributed by atoms with van der Waals surface area (Å²) >= 11 is 0. The average molecular weight is 266 g/mol. The van der Waals surface area contributed by atoms with E-state index in [1.807, 2.05) is 0 Å². The molecule has 2 N–H and O–H groups in total. The fourth-order valence-electron chi connectivity index (χ4n) is 2.62. The Bertz CT molecular complexity index is 585. The van der Waals surface area contributed by atoms with Crippen LogP contribution in [0.2, 0.25) is 0 Å². The Kier molecular flexibility index (Phi) is 2.86. The highest BCUT2D eigenvalue weighted by Crippen LogP contribution is 2.37. The summed E-state index contributed by atoms with van der Waals surface area (Å²) in [5, 5.41) is 5.71. The second-order valence-electron chi connectivity index (χ2n) is 4.59. The first-order chi connectivity index (χ1) is 9.11. The van der Waals surface area contributed by atoms with E-state index in [0.29, 0.717) is 12.3 Å². The number of hydrogen-bond acceptors (Lipinski definition) is 3. The maximum atomic E-state index is 13.4. The second-order valence-corrected chi connectivity index (χ2v) is 4.59. The smallest absolute Gasteiger partial charge is 0.260 e. The number of likely N-dealkylation sites (N-methyl/N-ethyl adjacent to an activating group) is 1. The second kappa shape index (κ2) is 4.42. The van der Waals surface area contributed by atoms with Gasteiger partial charge in [0.05, 0.1) is 24.8 Å². The highest BCUT2D eigenvalue weighted by atomic mass is 19.2. The largest absolute Gasteiger partial charge is 0.373 e. The maximum absolute atomic E-state index is 13.4. The van der Waals surface area contributed by atoms with Gasteiger partial charge in [-0.05, 0) is 18.7 Å². The molecule has 4 nitrogen and oxygen atoms in total. The predicted octanol–water partition coefficient (Wildman–Crippen LogP) is 0.850. The number of carbonyl (C=O) groups is 1. The monoisotopic (exact) mass is 266 g/mol. The minimum absolute atomic E-state index is 0.111. The molecule has 6 heteroatoms. The van der Waals surface area contributed by atoms with Gasteiger partial charge in [0.2, 0.25) is 5.83 Å². The summed E-state index contributed by atoms with van der Waals surface area (Å²) in [6, 6.07) is -0.142. The lowest BCUT2D eigenvalue weighted by Gasteiger charge is -2.36. The van der Waals surface area contributed by atoms with Crippen molar-refractivity contribution >= 4 is 5.91 Å². The summed E-state index contributed by atoms with van der Waals surface area (Å²) in [7, 11) is 1.75. The molecular weight excluding hydrogens is 254 g/mol. The Morgan fingerprint density at radius 2 is 2.32 bits per heavy atom. The Balaban J connectivity index is 2.16. The van der Waals surface area contributed by atoms with Crippen LogP contribution in [-0.4, -0.2) is 32.2 Å². The molecule has 19 heavy (non-hydrogen) atoms. The van der Waals surface area contributed by atoms with Crippen molar-refractivity contribution in [1.29, 1.82) is 0 Å². The van der Waals surface area contributed by atoms with E-state index in [4.69, 9.17) is 4.74 Å². The topological polar surface area (TPSA) is 50.4 Å². The third kappa shape index (κ3) is 1.85. The zero-order chi connectivity index (χ0) is 13.6. The van der Waals surface area contributed by atoms with E-state index in [1.54, 1.807) is 7.05 Å². The van der Waals surface area contributed by atoms with Crippen molar-refractivity contribution < 1.29 is 18.3 Å². The Morgan fingerprint density at radius 3 is 3.05 bits per heavy atom. The molecule has 2 aliphatic heterocycles. The SMILES string of the molecule is CN[C@@H]1COCC2=C1C1C=C(F)C(F)=C=C1C(=O)N2. The molecule has 1 unspecified atom stereocenters. The van der Waals surface area contributed by atoms with Gasteiger partial charge in [-0.3, -0.25) is 4.79 Å². The van der Waals surface area contributed by atoms with Crippen molar-refractivity contribution in [2.75, 3.05) is 20.3 Å². The van der Waals surface area contributed by atoms with Gasteiger partial charge in [-0.2, -0.15) is 4.39 Å². The summed E-state index contributed by atoms with van der Waals surface area (Å²) in [5.74, 6) is -3.14. The molecule has 2 heterocycles. The standard InChI is InChI=1S/C13H12F2N2O2/c1-16-10-4-19-5-11-12(10)6-2-8(14)9(15)3-7(6)13(18)17-11/h2,6,10,16H,4-5H2,1H3,(H,17,18)/t6?,10-/m1/s1.